The third-order valence-corrected chi connectivity index (χ3v) is 23.5. The second-order valence-corrected chi connectivity index (χ2v) is 29.5. The van der Waals surface area contributed by atoms with Gasteiger partial charge < -0.3 is 23.2 Å². The van der Waals surface area contributed by atoms with Crippen LogP contribution in [0.15, 0.2) is 180 Å². The van der Waals surface area contributed by atoms with E-state index < -0.39 is 0 Å². The largest absolute Gasteiger partial charge is 0.469 e. The number of aromatic nitrogens is 6. The summed E-state index contributed by atoms with van der Waals surface area (Å²) < 4.78 is 18.2. The molecule has 0 unspecified atom stereocenters. The number of thiophene rings is 2. The number of thioether (sulfide) groups is 1. The van der Waals surface area contributed by atoms with Gasteiger partial charge in [0, 0.05) is 62.4 Å². The number of H-pyrrole nitrogens is 2. The normalized spacial score (nSPS) is 12.8. The van der Waals surface area contributed by atoms with Crippen LogP contribution in [0, 0.1) is 11.8 Å². The number of thiazole rings is 2. The molecule has 135 heavy (non-hydrogen) atoms. The van der Waals surface area contributed by atoms with E-state index in [1.54, 1.807) is 89.0 Å². The minimum atomic E-state index is 0.956. The van der Waals surface area contributed by atoms with Crippen LogP contribution in [0.3, 0.4) is 0 Å². The summed E-state index contributed by atoms with van der Waals surface area (Å²) in [5, 5.41) is 6.83. The summed E-state index contributed by atoms with van der Waals surface area (Å²) in [5.74, 6) is 5.91. The van der Waals surface area contributed by atoms with E-state index in [0.717, 1.165) is 42.4 Å². The zero-order valence-corrected chi connectivity index (χ0v) is 101. The van der Waals surface area contributed by atoms with Crippen molar-refractivity contribution in [2.45, 2.75) is 476 Å². The van der Waals surface area contributed by atoms with Gasteiger partial charge in [-0.1, -0.05) is 416 Å². The number of allylic oxidation sites excluding steroid dienone is 1. The minimum absolute atomic E-state index is 0.956. The topological polar surface area (TPSA) is 123 Å². The highest BCUT2D eigenvalue weighted by Gasteiger charge is 2.31. The summed E-state index contributed by atoms with van der Waals surface area (Å²) >= 11 is 9.19. The summed E-state index contributed by atoms with van der Waals surface area (Å²) in [4.78, 5) is 26.1. The summed E-state index contributed by atoms with van der Waals surface area (Å²) in [6.45, 7) is 88.0. The van der Waals surface area contributed by atoms with E-state index in [9.17, 15) is 0 Å². The molecule has 9 aliphatic carbocycles. The molecule has 10 aliphatic rings. The van der Waals surface area contributed by atoms with E-state index in [0.29, 0.717) is 0 Å². The summed E-state index contributed by atoms with van der Waals surface area (Å²) in [6.07, 6.45) is 47.4. The lowest BCUT2D eigenvalue weighted by molar-refractivity contribution is 0.457. The molecule has 9 nitrogen and oxygen atoms in total. The van der Waals surface area contributed by atoms with Crippen LogP contribution in [0.4, 0.5) is 0 Å². The summed E-state index contributed by atoms with van der Waals surface area (Å²) in [7, 11) is 0. The lowest BCUT2D eigenvalue weighted by Gasteiger charge is -2.04. The number of aromatic amines is 2. The first kappa shape index (κ1) is 151. The first-order valence-corrected chi connectivity index (χ1v) is 59.9. The van der Waals surface area contributed by atoms with E-state index in [-0.39, 0.29) is 0 Å². The molecule has 2 N–H and O–H groups in total. The number of aryl methyl sites for hydroxylation is 13. The zero-order chi connectivity index (χ0) is 105. The molecule has 780 valence electrons. The number of furan rings is 2. The van der Waals surface area contributed by atoms with Gasteiger partial charge in [-0.05, 0) is 207 Å². The maximum Gasteiger partial charge on any atom is 0.181 e. The van der Waals surface area contributed by atoms with Crippen molar-refractivity contribution in [3.8, 4) is 0 Å². The van der Waals surface area contributed by atoms with Crippen molar-refractivity contribution in [2.24, 2.45) is 11.8 Å². The van der Waals surface area contributed by atoms with E-state index in [4.69, 9.17) is 13.3 Å². The molecular formula is C121H218N6O3S5. The predicted molar refractivity (Wildman–Crippen MR) is 631 cm³/mol. The Morgan fingerprint density at radius 3 is 1.33 bits per heavy atom. The van der Waals surface area contributed by atoms with Gasteiger partial charge in [0.1, 0.15) is 17.1 Å². The number of imidazole rings is 1. The van der Waals surface area contributed by atoms with Gasteiger partial charge in [-0.3, -0.25) is 0 Å². The van der Waals surface area contributed by atoms with E-state index in [1.807, 2.05) is 375 Å². The Kier molecular flexibility index (Phi) is 138. The number of nitrogens with one attached hydrogen (secondary N) is 2. The molecule has 0 bridgehead atoms. The molecule has 0 amide bonds. The highest BCUT2D eigenvalue weighted by Crippen LogP contribution is 2.43. The monoisotopic (exact) mass is 1960 g/mol. The number of rotatable bonds is 0. The van der Waals surface area contributed by atoms with Crippen LogP contribution in [0.2, 0.25) is 0 Å². The van der Waals surface area contributed by atoms with Gasteiger partial charge >= 0.3 is 0 Å². The molecule has 22 rings (SSSR count). The highest BCUT2D eigenvalue weighted by molar-refractivity contribution is 8.01. The molecule has 0 atom stereocenters. The number of hydrogen-bond acceptors (Lipinski definition) is 12. The van der Waals surface area contributed by atoms with Gasteiger partial charge in [0.15, 0.2) is 6.39 Å². The molecule has 10 heterocycles. The maximum atomic E-state index is 5.18. The van der Waals surface area contributed by atoms with Gasteiger partial charge in [-0.25, -0.2) is 19.9 Å². The van der Waals surface area contributed by atoms with Crippen LogP contribution in [0.5, 0.6) is 0 Å². The van der Waals surface area contributed by atoms with E-state index in [1.165, 1.54) is 221 Å². The van der Waals surface area contributed by atoms with Gasteiger partial charge in [0.25, 0.3) is 0 Å². The fourth-order valence-electron chi connectivity index (χ4n) is 13.6. The molecule has 2 saturated carbocycles. The number of para-hydroxylation sites is 1. The zero-order valence-electron chi connectivity index (χ0n) is 96.5. The van der Waals surface area contributed by atoms with Crippen molar-refractivity contribution in [2.75, 3.05) is 5.75 Å². The van der Waals surface area contributed by atoms with Crippen LogP contribution in [-0.2, 0) is 89.9 Å². The maximum absolute atomic E-state index is 5.18. The lowest BCUT2D eigenvalue weighted by atomic mass is 10.0. The Balaban J connectivity index is -0.000000134. The smallest absolute Gasteiger partial charge is 0.181 e. The van der Waals surface area contributed by atoms with Crippen LogP contribution in [0.25, 0.3) is 27.1 Å². The Hall–Kier alpha value is -6.81. The van der Waals surface area contributed by atoms with Gasteiger partial charge in [0.05, 0.1) is 56.9 Å². The number of fused-ring (bicyclic) bond motifs is 11. The molecular weight excluding hydrogens is 1750 g/mol. The first-order chi connectivity index (χ1) is 67.1. The third-order valence-electron chi connectivity index (χ3n) is 18.5. The molecule has 12 aromatic rings. The van der Waals surface area contributed by atoms with Crippen LogP contribution >= 0.6 is 57.1 Å². The quantitative estimate of drug-likeness (QED) is 0.154. The molecule has 2 fully saturated rings. The van der Waals surface area contributed by atoms with Crippen molar-refractivity contribution in [1.29, 1.82) is 0 Å². The van der Waals surface area contributed by atoms with Crippen LogP contribution in [0.1, 0.15) is 465 Å². The molecule has 9 aromatic heterocycles. The fraction of sp³-hybridized carbons (Fsp3) is 0.603. The minimum Gasteiger partial charge on any atom is -0.469 e. The Bertz CT molecular complexity index is 3380. The molecule has 3 aromatic carbocycles. The molecule has 0 saturated heterocycles. The van der Waals surface area contributed by atoms with E-state index in [2.05, 4.69) is 126 Å². The Morgan fingerprint density at radius 2 is 0.778 bits per heavy atom. The number of hydrogen-bond donors (Lipinski definition) is 2. The van der Waals surface area contributed by atoms with E-state index >= 15 is 0 Å². The van der Waals surface area contributed by atoms with Crippen LogP contribution < -0.4 is 0 Å². The lowest BCUT2D eigenvalue weighted by Crippen LogP contribution is -1.95. The molecule has 0 radical (unpaired) electrons. The second kappa shape index (κ2) is 123. The fourth-order valence-corrected chi connectivity index (χ4v) is 18.3. The second-order valence-electron chi connectivity index (χ2n) is 24.4. The van der Waals surface area contributed by atoms with Gasteiger partial charge in [0.2, 0.25) is 0 Å². The van der Waals surface area contributed by atoms with Gasteiger partial charge in [-0.2, -0.15) is 0 Å². The average molecular weight is 1970 g/mol. The predicted octanol–water partition coefficient (Wildman–Crippen LogP) is 43.7. The highest BCUT2D eigenvalue weighted by atomic mass is 32.2. The van der Waals surface area contributed by atoms with Crippen molar-refractivity contribution in [3.63, 3.8) is 0 Å². The first-order valence-electron chi connectivity index (χ1n) is 55.4. The average Bonchev–Trinajstić information content (AvgIpc) is 1.72. The van der Waals surface area contributed by atoms with Crippen molar-refractivity contribution >= 4 is 84.2 Å². The molecule has 0 spiro atoms. The molecule has 14 heteroatoms. The Morgan fingerprint density at radius 1 is 0.304 bits per heavy atom. The van der Waals surface area contributed by atoms with Crippen molar-refractivity contribution < 1.29 is 13.3 Å². The van der Waals surface area contributed by atoms with Crippen molar-refractivity contribution in [1.82, 2.24) is 29.9 Å². The standard InChI is InChI=1S/C9H8.C8H6O.C8H6S.C8H14.C7H9N.C7H8O.C7H8S.C6H8N2.C6H7NO.C6H7NS.C5H5NS2.22C2H6/c1-2-5-9-7-3-6-8(9)4-1;2*1-2-4-8-7(3-1)5-6-9-8;1-3-7-5-2-6-8(7)4-1;3*1-2-6-4-5-8-7(6)3-1;3*1-2-5-6(3-1)8-4-7-5;1-2-7-5-4(1)6-3-8-5;22*1-2/h1-6H,7H2;2*1-6H;7-8H,1-6H2;4-5,8H,1-3H2;2*4-5H,1-3H2;4H,1-3H2,(H,7,8);2*4H,1-3H2;3H,1-2H2;22*1-2H3. The Labute approximate surface area is 859 Å². The number of benzene rings is 3. The summed E-state index contributed by atoms with van der Waals surface area (Å²) in [5.41, 5.74) is 20.2. The number of oxazole rings is 1. The van der Waals surface area contributed by atoms with Gasteiger partial charge in [-0.15, -0.1) is 57.1 Å². The van der Waals surface area contributed by atoms with Crippen molar-refractivity contribution in [3.05, 3.63) is 246 Å². The number of nitrogens with zero attached hydrogens (tertiary/aromatic N) is 4. The SMILES string of the molecule is C1=Cc2ccccc2C1.C1CC2CCCC2C1.CC.CC.CC.CC.CC.CC.CC.CC.CC.CC.CC.CC.CC.CC.CC.CC.CC.CC.CC.CC.CC.CC.c1cc2c([nH]1)CCC2.c1cc2c(o1)CCC2.c1cc2c(s1)CCC2.c1ccc2occc2c1.c1ccc2sccc2c1.c1nc2c([nH]1)CCC2.c1nc2c(o1)CCC2.c1nc2c(s1)CCC2.c1nc2c(s1)SCC2. The summed E-state index contributed by atoms with van der Waals surface area (Å²) in [6, 6.07) is 35.4. The van der Waals surface area contributed by atoms with Crippen LogP contribution in [-0.4, -0.2) is 35.7 Å². The third kappa shape index (κ3) is 67.2. The molecule has 1 aliphatic heterocycles.